The number of benzene rings is 1. The third-order valence-electron chi connectivity index (χ3n) is 3.19. The molecule has 0 aliphatic carbocycles. The number of furan rings is 1. The number of hydrogen-bond donors (Lipinski definition) is 1. The molecule has 118 valence electrons. The number of nitrogens with one attached hydrogen (secondary N) is 1. The van der Waals surface area contributed by atoms with Crippen molar-refractivity contribution in [2.24, 2.45) is 0 Å². The number of rotatable bonds is 4. The van der Waals surface area contributed by atoms with Crippen molar-refractivity contribution in [3.63, 3.8) is 0 Å². The van der Waals surface area contributed by atoms with Crippen molar-refractivity contribution in [2.45, 2.75) is 0 Å². The molecule has 0 aliphatic heterocycles. The summed E-state index contributed by atoms with van der Waals surface area (Å²) in [6, 6.07) is 13.1. The van der Waals surface area contributed by atoms with Gasteiger partial charge in [0.25, 0.3) is 0 Å². The highest BCUT2D eigenvalue weighted by Crippen LogP contribution is 2.20. The molecule has 0 saturated carbocycles. The highest BCUT2D eigenvalue weighted by Gasteiger charge is 2.10. The molecular formula is C16H11N5O2S. The lowest BCUT2D eigenvalue weighted by molar-refractivity contribution is 0.557. The maximum atomic E-state index is 12.4. The molecule has 24 heavy (non-hydrogen) atoms. The highest BCUT2D eigenvalue weighted by molar-refractivity contribution is 7.20. The molecule has 1 N–H and O–H groups in total. The Kier molecular flexibility index (Phi) is 3.64. The van der Waals surface area contributed by atoms with Crippen molar-refractivity contribution in [3.05, 3.63) is 70.5 Å². The maximum absolute atomic E-state index is 12.4. The van der Waals surface area contributed by atoms with Crippen LogP contribution in [0.15, 0.2) is 57.9 Å². The van der Waals surface area contributed by atoms with Crippen molar-refractivity contribution in [3.8, 4) is 0 Å². The Hall–Kier alpha value is -3.26. The fraction of sp³-hybridized carbons (Fsp3) is 0. The Morgan fingerprint density at radius 3 is 2.75 bits per heavy atom. The smallest absolute Gasteiger partial charge is 0.301 e. The molecule has 3 aromatic heterocycles. The van der Waals surface area contributed by atoms with Gasteiger partial charge in [0.1, 0.15) is 5.76 Å². The van der Waals surface area contributed by atoms with Crippen LogP contribution < -0.4 is 10.9 Å². The van der Waals surface area contributed by atoms with Gasteiger partial charge < -0.3 is 9.73 Å². The standard InChI is InChI=1S/C16H11N5O2S/c22-14-13(9-8-12-7-4-10-23-12)18-19-16-21(14)20-15(24-16)17-11-5-2-1-3-6-11/h1-10H,(H,17,20)/b9-8-. The van der Waals surface area contributed by atoms with E-state index in [9.17, 15) is 4.79 Å². The Labute approximate surface area is 139 Å². The van der Waals surface area contributed by atoms with Crippen LogP contribution >= 0.6 is 11.3 Å². The number of nitrogens with zero attached hydrogens (tertiary/aromatic N) is 4. The summed E-state index contributed by atoms with van der Waals surface area (Å²) in [5.74, 6) is 0.631. The first kappa shape index (κ1) is 14.3. The molecule has 1 aromatic carbocycles. The third-order valence-corrected chi connectivity index (χ3v) is 4.00. The van der Waals surface area contributed by atoms with Gasteiger partial charge in [0.05, 0.1) is 6.26 Å². The second kappa shape index (κ2) is 6.09. The van der Waals surface area contributed by atoms with Crippen LogP contribution in [0.25, 0.3) is 17.1 Å². The number of anilines is 2. The molecule has 0 saturated heterocycles. The van der Waals surface area contributed by atoms with Gasteiger partial charge in [-0.2, -0.15) is 4.52 Å². The zero-order valence-electron chi connectivity index (χ0n) is 12.3. The number of aromatic nitrogens is 4. The molecule has 0 spiro atoms. The van der Waals surface area contributed by atoms with E-state index < -0.39 is 0 Å². The van der Waals surface area contributed by atoms with Gasteiger partial charge in [0.2, 0.25) is 10.1 Å². The maximum Gasteiger partial charge on any atom is 0.301 e. The average molecular weight is 337 g/mol. The molecule has 0 fully saturated rings. The number of fused-ring (bicyclic) bond motifs is 1. The van der Waals surface area contributed by atoms with Crippen LogP contribution in [0.3, 0.4) is 0 Å². The summed E-state index contributed by atoms with van der Waals surface area (Å²) < 4.78 is 6.43. The van der Waals surface area contributed by atoms with Crippen LogP contribution in [-0.4, -0.2) is 19.8 Å². The molecular weight excluding hydrogens is 326 g/mol. The van der Waals surface area contributed by atoms with Gasteiger partial charge in [-0.25, -0.2) is 0 Å². The number of hydrogen-bond acceptors (Lipinski definition) is 7. The molecule has 0 aliphatic rings. The van der Waals surface area contributed by atoms with E-state index in [1.807, 2.05) is 30.3 Å². The van der Waals surface area contributed by atoms with E-state index in [4.69, 9.17) is 4.42 Å². The van der Waals surface area contributed by atoms with Crippen LogP contribution in [0.2, 0.25) is 0 Å². The van der Waals surface area contributed by atoms with E-state index in [-0.39, 0.29) is 11.3 Å². The van der Waals surface area contributed by atoms with Crippen LogP contribution in [0.5, 0.6) is 0 Å². The predicted octanol–water partition coefficient (Wildman–Crippen LogP) is 3.05. The summed E-state index contributed by atoms with van der Waals surface area (Å²) in [4.78, 5) is 12.9. The second-order valence-corrected chi connectivity index (χ2v) is 5.79. The van der Waals surface area contributed by atoms with Crippen molar-refractivity contribution >= 4 is 39.3 Å². The van der Waals surface area contributed by atoms with Crippen molar-refractivity contribution in [1.29, 1.82) is 0 Å². The third kappa shape index (κ3) is 2.82. The van der Waals surface area contributed by atoms with E-state index >= 15 is 0 Å². The van der Waals surface area contributed by atoms with E-state index in [2.05, 4.69) is 20.6 Å². The van der Waals surface area contributed by atoms with Crippen LogP contribution in [0, 0.1) is 0 Å². The molecule has 0 radical (unpaired) electrons. The summed E-state index contributed by atoms with van der Waals surface area (Å²) in [6.07, 6.45) is 4.78. The summed E-state index contributed by atoms with van der Waals surface area (Å²) in [5.41, 5.74) is 0.746. The molecule has 4 rings (SSSR count). The van der Waals surface area contributed by atoms with Gasteiger partial charge in [-0.1, -0.05) is 29.5 Å². The Bertz CT molecular complexity index is 1050. The normalized spacial score (nSPS) is 11.3. The van der Waals surface area contributed by atoms with E-state index in [0.717, 1.165) is 5.69 Å². The first-order valence-electron chi connectivity index (χ1n) is 7.10. The minimum atomic E-state index is -0.333. The molecule has 0 amide bonds. The van der Waals surface area contributed by atoms with Gasteiger partial charge in [-0.05, 0) is 36.4 Å². The Morgan fingerprint density at radius 2 is 1.96 bits per heavy atom. The fourth-order valence-corrected chi connectivity index (χ4v) is 2.83. The lowest BCUT2D eigenvalue weighted by Gasteiger charge is -1.99. The van der Waals surface area contributed by atoms with E-state index in [0.29, 0.717) is 15.9 Å². The van der Waals surface area contributed by atoms with Crippen LogP contribution in [-0.2, 0) is 0 Å². The molecule has 0 unspecified atom stereocenters. The summed E-state index contributed by atoms with van der Waals surface area (Å²) in [5, 5.41) is 16.0. The van der Waals surface area contributed by atoms with Gasteiger partial charge in [-0.3, -0.25) is 4.79 Å². The first-order chi connectivity index (χ1) is 11.8. The van der Waals surface area contributed by atoms with Gasteiger partial charge >= 0.3 is 5.56 Å². The van der Waals surface area contributed by atoms with Gasteiger partial charge in [0, 0.05) is 5.69 Å². The Morgan fingerprint density at radius 1 is 1.08 bits per heavy atom. The number of para-hydroxylation sites is 1. The second-order valence-electron chi connectivity index (χ2n) is 4.83. The molecule has 0 bridgehead atoms. The lowest BCUT2D eigenvalue weighted by Crippen LogP contribution is -2.19. The molecule has 7 nitrogen and oxygen atoms in total. The SMILES string of the molecule is O=c1c(/C=C\c2ccco2)nnc2sc(Nc3ccccc3)nn12. The topological polar surface area (TPSA) is 85.3 Å². The quantitative estimate of drug-likeness (QED) is 0.616. The largest absolute Gasteiger partial charge is 0.465 e. The van der Waals surface area contributed by atoms with Crippen molar-refractivity contribution in [2.75, 3.05) is 5.32 Å². The zero-order valence-corrected chi connectivity index (χ0v) is 13.1. The Balaban J connectivity index is 1.67. The van der Waals surface area contributed by atoms with E-state index in [1.54, 1.807) is 30.5 Å². The molecule has 8 heteroatoms. The fourth-order valence-electron chi connectivity index (χ4n) is 2.07. The van der Waals surface area contributed by atoms with Gasteiger partial charge in [0.15, 0.2) is 5.69 Å². The van der Waals surface area contributed by atoms with E-state index in [1.165, 1.54) is 15.9 Å². The molecule has 3 heterocycles. The van der Waals surface area contributed by atoms with Gasteiger partial charge in [-0.15, -0.1) is 15.3 Å². The van der Waals surface area contributed by atoms with Crippen molar-refractivity contribution in [1.82, 2.24) is 19.8 Å². The van der Waals surface area contributed by atoms with Crippen molar-refractivity contribution < 1.29 is 4.42 Å². The average Bonchev–Trinajstić information content (AvgIpc) is 3.25. The molecule has 4 aromatic rings. The van der Waals surface area contributed by atoms with Crippen LogP contribution in [0.1, 0.15) is 11.5 Å². The monoisotopic (exact) mass is 337 g/mol. The minimum Gasteiger partial charge on any atom is -0.465 e. The highest BCUT2D eigenvalue weighted by atomic mass is 32.1. The summed E-state index contributed by atoms with van der Waals surface area (Å²) >= 11 is 1.26. The van der Waals surface area contributed by atoms with Crippen LogP contribution in [0.4, 0.5) is 10.8 Å². The summed E-state index contributed by atoms with van der Waals surface area (Å²) in [6.45, 7) is 0. The lowest BCUT2D eigenvalue weighted by atomic mass is 10.3. The summed E-state index contributed by atoms with van der Waals surface area (Å²) in [7, 11) is 0. The minimum absolute atomic E-state index is 0.195. The predicted molar refractivity (Wildman–Crippen MR) is 92.3 cm³/mol. The molecule has 0 atom stereocenters. The zero-order chi connectivity index (χ0) is 16.4. The first-order valence-corrected chi connectivity index (χ1v) is 7.91.